The average molecular weight is 226 g/mol. The van der Waals surface area contributed by atoms with E-state index in [-0.39, 0.29) is 0 Å². The third-order valence-electron chi connectivity index (χ3n) is 3.91. The van der Waals surface area contributed by atoms with Gasteiger partial charge in [0, 0.05) is 12.6 Å². The predicted molar refractivity (Wildman–Crippen MR) is 71.4 cm³/mol. The second-order valence-corrected chi connectivity index (χ2v) is 6.20. The lowest BCUT2D eigenvalue weighted by Crippen LogP contribution is -2.44. The van der Waals surface area contributed by atoms with E-state index in [4.69, 9.17) is 5.73 Å². The largest absolute Gasteiger partial charge is 0.330 e. The minimum Gasteiger partial charge on any atom is -0.330 e. The summed E-state index contributed by atoms with van der Waals surface area (Å²) >= 11 is 0. The van der Waals surface area contributed by atoms with Crippen molar-refractivity contribution in [3.05, 3.63) is 0 Å². The lowest BCUT2D eigenvalue weighted by molar-refractivity contribution is 0.106. The number of rotatable bonds is 5. The molecule has 2 N–H and O–H groups in total. The molecule has 3 unspecified atom stereocenters. The SMILES string of the molecule is CC(C)CC(CN)CN1CCC(C)CC1C. The van der Waals surface area contributed by atoms with Crippen LogP contribution in [-0.2, 0) is 0 Å². The number of hydrogen-bond acceptors (Lipinski definition) is 2. The molecule has 16 heavy (non-hydrogen) atoms. The molecule has 1 aliphatic heterocycles. The van der Waals surface area contributed by atoms with Crippen molar-refractivity contribution in [2.45, 2.75) is 53.0 Å². The van der Waals surface area contributed by atoms with Crippen molar-refractivity contribution < 1.29 is 0 Å². The monoisotopic (exact) mass is 226 g/mol. The molecule has 0 saturated carbocycles. The molecule has 0 aromatic rings. The summed E-state index contributed by atoms with van der Waals surface area (Å²) < 4.78 is 0. The topological polar surface area (TPSA) is 29.3 Å². The Morgan fingerprint density at radius 3 is 2.50 bits per heavy atom. The van der Waals surface area contributed by atoms with Gasteiger partial charge in [-0.25, -0.2) is 0 Å². The fraction of sp³-hybridized carbons (Fsp3) is 1.00. The van der Waals surface area contributed by atoms with E-state index in [0.29, 0.717) is 5.92 Å². The van der Waals surface area contributed by atoms with E-state index in [1.54, 1.807) is 0 Å². The second-order valence-electron chi connectivity index (χ2n) is 6.20. The van der Waals surface area contributed by atoms with Crippen LogP contribution in [0.25, 0.3) is 0 Å². The Hall–Kier alpha value is -0.0800. The van der Waals surface area contributed by atoms with Crippen LogP contribution in [0.15, 0.2) is 0 Å². The molecule has 3 atom stereocenters. The van der Waals surface area contributed by atoms with Gasteiger partial charge in [0.1, 0.15) is 0 Å². The van der Waals surface area contributed by atoms with Crippen LogP contribution in [0.1, 0.15) is 47.0 Å². The molecule has 0 aliphatic carbocycles. The second kappa shape index (κ2) is 6.61. The molecule has 1 fully saturated rings. The van der Waals surface area contributed by atoms with E-state index >= 15 is 0 Å². The molecule has 0 aromatic heterocycles. The van der Waals surface area contributed by atoms with Crippen LogP contribution in [0.3, 0.4) is 0 Å². The zero-order chi connectivity index (χ0) is 12.1. The van der Waals surface area contributed by atoms with Crippen molar-refractivity contribution in [1.29, 1.82) is 0 Å². The summed E-state index contributed by atoms with van der Waals surface area (Å²) in [4.78, 5) is 2.65. The quantitative estimate of drug-likeness (QED) is 0.781. The van der Waals surface area contributed by atoms with Gasteiger partial charge in [0.2, 0.25) is 0 Å². The Labute approximate surface area is 102 Å². The van der Waals surface area contributed by atoms with Gasteiger partial charge >= 0.3 is 0 Å². The molecular formula is C14H30N2. The molecule has 1 aliphatic rings. The number of likely N-dealkylation sites (tertiary alicyclic amines) is 1. The molecule has 0 aromatic carbocycles. The molecule has 0 radical (unpaired) electrons. The summed E-state index contributed by atoms with van der Waals surface area (Å²) in [6.07, 6.45) is 4.00. The lowest BCUT2D eigenvalue weighted by atomic mass is 9.90. The van der Waals surface area contributed by atoms with Crippen molar-refractivity contribution >= 4 is 0 Å². The number of hydrogen-bond donors (Lipinski definition) is 1. The van der Waals surface area contributed by atoms with Crippen molar-refractivity contribution in [1.82, 2.24) is 4.90 Å². The third kappa shape index (κ3) is 4.42. The first kappa shape index (κ1) is 14.0. The fourth-order valence-electron chi connectivity index (χ4n) is 2.97. The predicted octanol–water partition coefficient (Wildman–Crippen LogP) is 2.73. The van der Waals surface area contributed by atoms with Gasteiger partial charge in [-0.2, -0.15) is 0 Å². The van der Waals surface area contributed by atoms with Crippen molar-refractivity contribution in [2.24, 2.45) is 23.5 Å². The highest BCUT2D eigenvalue weighted by molar-refractivity contribution is 4.79. The summed E-state index contributed by atoms with van der Waals surface area (Å²) in [5.74, 6) is 2.37. The highest BCUT2D eigenvalue weighted by atomic mass is 15.2. The Kier molecular flexibility index (Phi) is 5.77. The van der Waals surface area contributed by atoms with Crippen LogP contribution in [0.5, 0.6) is 0 Å². The van der Waals surface area contributed by atoms with Crippen LogP contribution in [-0.4, -0.2) is 30.6 Å². The maximum Gasteiger partial charge on any atom is 0.00695 e. The van der Waals surface area contributed by atoms with E-state index in [1.165, 1.54) is 32.4 Å². The van der Waals surface area contributed by atoms with Crippen molar-refractivity contribution in [3.63, 3.8) is 0 Å². The first-order chi connectivity index (χ1) is 7.52. The lowest BCUT2D eigenvalue weighted by Gasteiger charge is -2.38. The highest BCUT2D eigenvalue weighted by Crippen LogP contribution is 2.24. The summed E-state index contributed by atoms with van der Waals surface area (Å²) in [6, 6.07) is 0.755. The molecule has 1 saturated heterocycles. The van der Waals surface area contributed by atoms with E-state index in [1.807, 2.05) is 0 Å². The van der Waals surface area contributed by atoms with E-state index in [2.05, 4.69) is 32.6 Å². The molecule has 0 amide bonds. The molecule has 0 spiro atoms. The summed E-state index contributed by atoms with van der Waals surface area (Å²) in [5.41, 5.74) is 5.88. The maximum absolute atomic E-state index is 5.88. The maximum atomic E-state index is 5.88. The standard InChI is InChI=1S/C14H30N2/c1-11(2)7-14(9-15)10-16-6-5-12(3)8-13(16)4/h11-14H,5-10,15H2,1-4H3. The zero-order valence-electron chi connectivity index (χ0n) is 11.6. The highest BCUT2D eigenvalue weighted by Gasteiger charge is 2.24. The van der Waals surface area contributed by atoms with Gasteiger partial charge < -0.3 is 10.6 Å². The Balaban J connectivity index is 2.39. The van der Waals surface area contributed by atoms with Gasteiger partial charge in [0.15, 0.2) is 0 Å². The fourth-order valence-corrected chi connectivity index (χ4v) is 2.97. The number of nitrogens with two attached hydrogens (primary N) is 1. The molecule has 1 heterocycles. The van der Waals surface area contributed by atoms with Crippen molar-refractivity contribution in [2.75, 3.05) is 19.6 Å². The van der Waals surface area contributed by atoms with Gasteiger partial charge in [-0.05, 0) is 57.0 Å². The van der Waals surface area contributed by atoms with Crippen LogP contribution in [0.2, 0.25) is 0 Å². The Morgan fingerprint density at radius 2 is 2.00 bits per heavy atom. The van der Waals surface area contributed by atoms with Gasteiger partial charge in [-0.15, -0.1) is 0 Å². The van der Waals surface area contributed by atoms with Crippen molar-refractivity contribution in [3.8, 4) is 0 Å². The van der Waals surface area contributed by atoms with E-state index in [9.17, 15) is 0 Å². The molecule has 1 rings (SSSR count). The van der Waals surface area contributed by atoms with Gasteiger partial charge in [-0.1, -0.05) is 20.8 Å². The van der Waals surface area contributed by atoms with E-state index < -0.39 is 0 Å². The number of piperidine rings is 1. The zero-order valence-corrected chi connectivity index (χ0v) is 11.6. The normalized spacial score (nSPS) is 29.6. The van der Waals surface area contributed by atoms with E-state index in [0.717, 1.165) is 24.4 Å². The minimum absolute atomic E-state index is 0.691. The molecule has 0 bridgehead atoms. The van der Waals surface area contributed by atoms with Crippen LogP contribution in [0.4, 0.5) is 0 Å². The van der Waals surface area contributed by atoms with Gasteiger partial charge in [0.25, 0.3) is 0 Å². The van der Waals surface area contributed by atoms with Crippen LogP contribution >= 0.6 is 0 Å². The average Bonchev–Trinajstić information content (AvgIpc) is 2.20. The van der Waals surface area contributed by atoms with Gasteiger partial charge in [0.05, 0.1) is 0 Å². The molecule has 96 valence electrons. The Bertz CT molecular complexity index is 191. The first-order valence-electron chi connectivity index (χ1n) is 6.97. The summed E-state index contributed by atoms with van der Waals surface area (Å²) in [6.45, 7) is 12.7. The molecular weight excluding hydrogens is 196 g/mol. The third-order valence-corrected chi connectivity index (χ3v) is 3.91. The minimum atomic E-state index is 0.691. The number of nitrogens with zero attached hydrogens (tertiary/aromatic N) is 1. The summed E-state index contributed by atoms with van der Waals surface area (Å²) in [5, 5.41) is 0. The molecule has 2 heteroatoms. The summed E-state index contributed by atoms with van der Waals surface area (Å²) in [7, 11) is 0. The Morgan fingerprint density at radius 1 is 1.31 bits per heavy atom. The smallest absolute Gasteiger partial charge is 0.00695 e. The van der Waals surface area contributed by atoms with Crippen LogP contribution < -0.4 is 5.73 Å². The van der Waals surface area contributed by atoms with Crippen LogP contribution in [0, 0.1) is 17.8 Å². The van der Waals surface area contributed by atoms with Gasteiger partial charge in [-0.3, -0.25) is 0 Å². The first-order valence-corrected chi connectivity index (χ1v) is 6.97. The molecule has 2 nitrogen and oxygen atoms in total.